The van der Waals surface area contributed by atoms with Crippen LogP contribution in [-0.2, 0) is 10.0 Å². The lowest BCUT2D eigenvalue weighted by atomic mass is 10.1. The molecule has 1 aliphatic heterocycles. The van der Waals surface area contributed by atoms with Crippen LogP contribution in [0.1, 0.15) is 10.4 Å². The minimum atomic E-state index is -4.22. The number of amides is 2. The van der Waals surface area contributed by atoms with Crippen molar-refractivity contribution < 1.29 is 27.1 Å². The highest BCUT2D eigenvalue weighted by Crippen LogP contribution is 2.38. The molecule has 0 unspecified atom stereocenters. The van der Waals surface area contributed by atoms with Gasteiger partial charge in [0.25, 0.3) is 10.0 Å². The van der Waals surface area contributed by atoms with Crippen molar-refractivity contribution in [1.29, 1.82) is 0 Å². The summed E-state index contributed by atoms with van der Waals surface area (Å²) >= 11 is 0. The van der Waals surface area contributed by atoms with Crippen molar-refractivity contribution in [3.05, 3.63) is 84.2 Å². The smallest absolute Gasteiger partial charge is 0.343 e. The largest absolute Gasteiger partial charge is 0.497 e. The highest BCUT2D eigenvalue weighted by atomic mass is 32.2. The first-order valence-corrected chi connectivity index (χ1v) is 10.7. The third kappa shape index (κ3) is 3.64. The number of ketones is 1. The maximum absolute atomic E-state index is 13.3. The average Bonchev–Trinajstić information content (AvgIpc) is 2.77. The van der Waals surface area contributed by atoms with Gasteiger partial charge in [-0.1, -0.05) is 18.2 Å². The SMILES string of the molecule is COc1cccc(N2C(=O)N(CC(=O)c3ccc(F)cc3)c3ccccc3S2(=O)=O)c1. The molecule has 158 valence electrons. The monoisotopic (exact) mass is 440 g/mol. The fraction of sp³-hybridized carbons (Fsp3) is 0.0909. The zero-order valence-corrected chi connectivity index (χ0v) is 17.2. The van der Waals surface area contributed by atoms with Crippen LogP contribution in [0.15, 0.2) is 77.7 Å². The van der Waals surface area contributed by atoms with E-state index in [1.165, 1.54) is 49.6 Å². The Hall–Kier alpha value is -3.72. The van der Waals surface area contributed by atoms with Crippen LogP contribution in [0.25, 0.3) is 0 Å². The Morgan fingerprint density at radius 1 is 1.00 bits per heavy atom. The van der Waals surface area contributed by atoms with Crippen LogP contribution >= 0.6 is 0 Å². The molecule has 9 heteroatoms. The number of benzene rings is 3. The summed E-state index contributed by atoms with van der Waals surface area (Å²) in [7, 11) is -2.80. The number of ether oxygens (including phenoxy) is 1. The van der Waals surface area contributed by atoms with E-state index in [0.717, 1.165) is 17.0 Å². The topological polar surface area (TPSA) is 84.0 Å². The third-order valence-electron chi connectivity index (χ3n) is 4.83. The van der Waals surface area contributed by atoms with Crippen LogP contribution in [-0.4, -0.2) is 33.9 Å². The number of nitrogens with zero attached hydrogens (tertiary/aromatic N) is 2. The number of hydrogen-bond donors (Lipinski definition) is 0. The quantitative estimate of drug-likeness (QED) is 0.563. The summed E-state index contributed by atoms with van der Waals surface area (Å²) in [5.74, 6) is -0.590. The number of methoxy groups -OCH3 is 1. The van der Waals surface area contributed by atoms with E-state index < -0.39 is 34.2 Å². The van der Waals surface area contributed by atoms with Gasteiger partial charge in [-0.2, -0.15) is 4.31 Å². The van der Waals surface area contributed by atoms with Crippen LogP contribution in [0.5, 0.6) is 5.75 Å². The third-order valence-corrected chi connectivity index (χ3v) is 6.58. The molecule has 0 radical (unpaired) electrons. The second-order valence-corrected chi connectivity index (χ2v) is 8.49. The van der Waals surface area contributed by atoms with Gasteiger partial charge in [0, 0.05) is 11.6 Å². The molecule has 0 aromatic heterocycles. The Morgan fingerprint density at radius 2 is 1.71 bits per heavy atom. The highest BCUT2D eigenvalue weighted by molar-refractivity contribution is 7.94. The normalized spacial score (nSPS) is 14.8. The van der Waals surface area contributed by atoms with E-state index >= 15 is 0 Å². The Bertz CT molecular complexity index is 1280. The van der Waals surface area contributed by atoms with Gasteiger partial charge < -0.3 is 4.74 Å². The van der Waals surface area contributed by atoms with Gasteiger partial charge >= 0.3 is 6.03 Å². The van der Waals surface area contributed by atoms with Gasteiger partial charge in [-0.3, -0.25) is 9.69 Å². The summed E-state index contributed by atoms with van der Waals surface area (Å²) < 4.78 is 45.5. The molecule has 0 aliphatic carbocycles. The molecular formula is C22H17FN2O5S. The Balaban J connectivity index is 1.80. The molecule has 31 heavy (non-hydrogen) atoms. The Kier molecular flexibility index (Phi) is 5.20. The molecule has 4 rings (SSSR count). The van der Waals surface area contributed by atoms with Crippen LogP contribution in [0.3, 0.4) is 0 Å². The number of sulfonamides is 1. The molecule has 0 spiro atoms. The van der Waals surface area contributed by atoms with E-state index in [9.17, 15) is 22.4 Å². The van der Waals surface area contributed by atoms with Gasteiger partial charge in [0.15, 0.2) is 5.78 Å². The minimum absolute atomic E-state index is 0.0816. The van der Waals surface area contributed by atoms with E-state index in [1.807, 2.05) is 0 Å². The van der Waals surface area contributed by atoms with E-state index in [1.54, 1.807) is 18.2 Å². The molecule has 2 amide bonds. The standard InChI is InChI=1S/C22H17FN2O5S/c1-30-18-6-4-5-17(13-18)25-22(27)24(14-20(26)15-9-11-16(23)12-10-15)19-7-2-3-8-21(19)31(25,28)29/h2-13H,14H2,1H3. The number of para-hydroxylation sites is 1. The van der Waals surface area contributed by atoms with E-state index in [0.29, 0.717) is 10.1 Å². The summed E-state index contributed by atoms with van der Waals surface area (Å²) in [6.45, 7) is -0.419. The predicted octanol–water partition coefficient (Wildman–Crippen LogP) is 3.85. The van der Waals surface area contributed by atoms with Gasteiger partial charge in [0.05, 0.1) is 25.0 Å². The lowest BCUT2D eigenvalue weighted by Crippen LogP contribution is -2.52. The first-order valence-electron chi connectivity index (χ1n) is 9.21. The number of urea groups is 1. The van der Waals surface area contributed by atoms with Crippen LogP contribution in [0, 0.1) is 5.82 Å². The van der Waals surface area contributed by atoms with Crippen LogP contribution in [0.2, 0.25) is 0 Å². The summed E-state index contributed by atoms with van der Waals surface area (Å²) in [6.07, 6.45) is 0. The van der Waals surface area contributed by atoms with Crippen molar-refractivity contribution in [1.82, 2.24) is 0 Å². The zero-order chi connectivity index (χ0) is 22.2. The highest BCUT2D eigenvalue weighted by Gasteiger charge is 2.43. The van der Waals surface area contributed by atoms with E-state index in [2.05, 4.69) is 0 Å². The number of anilines is 2. The van der Waals surface area contributed by atoms with Crippen LogP contribution in [0.4, 0.5) is 20.6 Å². The lowest BCUT2D eigenvalue weighted by molar-refractivity contribution is 0.0999. The summed E-state index contributed by atoms with van der Waals surface area (Å²) in [4.78, 5) is 27.1. The maximum Gasteiger partial charge on any atom is 0.343 e. The first-order chi connectivity index (χ1) is 14.8. The molecule has 0 fully saturated rings. The van der Waals surface area contributed by atoms with Crippen molar-refractivity contribution in [2.24, 2.45) is 0 Å². The van der Waals surface area contributed by atoms with E-state index in [4.69, 9.17) is 4.74 Å². The predicted molar refractivity (Wildman–Crippen MR) is 113 cm³/mol. The summed E-state index contributed by atoms with van der Waals surface area (Å²) in [5.41, 5.74) is 0.383. The molecule has 7 nitrogen and oxygen atoms in total. The molecule has 3 aromatic rings. The fourth-order valence-electron chi connectivity index (χ4n) is 3.32. The van der Waals surface area contributed by atoms with Gasteiger partial charge in [-0.05, 0) is 48.5 Å². The second kappa shape index (κ2) is 7.84. The number of fused-ring (bicyclic) bond motifs is 1. The van der Waals surface area contributed by atoms with Gasteiger partial charge in [-0.25, -0.2) is 17.6 Å². The number of carbonyl (C=O) groups excluding carboxylic acids is 2. The van der Waals surface area contributed by atoms with Gasteiger partial charge in [-0.15, -0.1) is 0 Å². The second-order valence-electron chi connectivity index (χ2n) is 6.74. The van der Waals surface area contributed by atoms with Gasteiger partial charge in [0.2, 0.25) is 0 Å². The number of rotatable bonds is 5. The van der Waals surface area contributed by atoms with Crippen molar-refractivity contribution in [3.8, 4) is 5.75 Å². The van der Waals surface area contributed by atoms with Crippen LogP contribution < -0.4 is 13.9 Å². The summed E-state index contributed by atoms with van der Waals surface area (Å²) in [5, 5.41) is 0. The molecule has 0 saturated heterocycles. The van der Waals surface area contributed by atoms with Gasteiger partial charge in [0.1, 0.15) is 16.5 Å². The number of carbonyl (C=O) groups is 2. The zero-order valence-electron chi connectivity index (χ0n) is 16.4. The lowest BCUT2D eigenvalue weighted by Gasteiger charge is -2.35. The Labute approximate surface area is 178 Å². The number of halogens is 1. The average molecular weight is 440 g/mol. The van der Waals surface area contributed by atoms with Crippen molar-refractivity contribution in [3.63, 3.8) is 0 Å². The van der Waals surface area contributed by atoms with Crippen molar-refractivity contribution in [2.45, 2.75) is 4.90 Å². The molecule has 3 aromatic carbocycles. The number of hydrogen-bond acceptors (Lipinski definition) is 5. The first kappa shape index (κ1) is 20.5. The minimum Gasteiger partial charge on any atom is -0.497 e. The molecule has 0 atom stereocenters. The fourth-order valence-corrected chi connectivity index (χ4v) is 4.91. The van der Waals surface area contributed by atoms with Crippen molar-refractivity contribution in [2.75, 3.05) is 22.9 Å². The molecule has 1 aliphatic rings. The summed E-state index contributed by atoms with van der Waals surface area (Å²) in [6, 6.07) is 16.0. The molecular weight excluding hydrogens is 423 g/mol. The molecule has 0 N–H and O–H groups in total. The molecule has 1 heterocycles. The molecule has 0 saturated carbocycles. The molecule has 0 bridgehead atoms. The number of Topliss-reactive ketones (excluding diaryl/α,β-unsaturated/α-hetero) is 1. The van der Waals surface area contributed by atoms with Crippen molar-refractivity contribution >= 4 is 33.2 Å². The Morgan fingerprint density at radius 3 is 2.42 bits per heavy atom. The maximum atomic E-state index is 13.3. The van der Waals surface area contributed by atoms with E-state index in [-0.39, 0.29) is 21.8 Å².